The van der Waals surface area contributed by atoms with Crippen molar-refractivity contribution in [3.63, 3.8) is 0 Å². The SMILES string of the molecule is CCOP(=O)(CCCSC(c1ccccc1)(c1ccccc1)c1ccccc1)OCC. The highest BCUT2D eigenvalue weighted by Gasteiger charge is 2.37. The van der Waals surface area contributed by atoms with Gasteiger partial charge in [-0.05, 0) is 42.7 Å². The normalized spacial score (nSPS) is 12.1. The molecule has 0 saturated heterocycles. The van der Waals surface area contributed by atoms with Crippen LogP contribution in [0.25, 0.3) is 0 Å². The molecule has 0 unspecified atom stereocenters. The van der Waals surface area contributed by atoms with E-state index in [4.69, 9.17) is 9.05 Å². The molecule has 0 amide bonds. The van der Waals surface area contributed by atoms with Crippen LogP contribution in [0, 0.1) is 0 Å². The third-order valence-corrected chi connectivity index (χ3v) is 8.89. The maximum absolute atomic E-state index is 12.9. The van der Waals surface area contributed by atoms with Crippen LogP contribution >= 0.6 is 19.4 Å². The summed E-state index contributed by atoms with van der Waals surface area (Å²) in [7, 11) is -3.03. The Labute approximate surface area is 190 Å². The molecule has 0 fully saturated rings. The van der Waals surface area contributed by atoms with Crippen molar-refractivity contribution < 1.29 is 13.6 Å². The van der Waals surface area contributed by atoms with Crippen molar-refractivity contribution in [3.8, 4) is 0 Å². The summed E-state index contributed by atoms with van der Waals surface area (Å²) in [5.41, 5.74) is 3.69. The Bertz CT molecular complexity index is 841. The predicted octanol–water partition coefficient (Wildman–Crippen LogP) is 7.37. The van der Waals surface area contributed by atoms with E-state index in [1.165, 1.54) is 16.7 Å². The summed E-state index contributed by atoms with van der Waals surface area (Å²) in [5, 5.41) is 0. The molecule has 0 N–H and O–H groups in total. The smallest absolute Gasteiger partial charge is 0.309 e. The van der Waals surface area contributed by atoms with Crippen molar-refractivity contribution in [1.82, 2.24) is 0 Å². The van der Waals surface area contributed by atoms with Gasteiger partial charge in [-0.25, -0.2) is 0 Å². The largest absolute Gasteiger partial charge is 0.330 e. The quantitative estimate of drug-likeness (QED) is 0.163. The molecule has 0 atom stereocenters. The van der Waals surface area contributed by atoms with Crippen molar-refractivity contribution in [1.29, 1.82) is 0 Å². The molecule has 3 aromatic rings. The van der Waals surface area contributed by atoms with Crippen molar-refractivity contribution in [2.75, 3.05) is 25.1 Å². The molecule has 3 nitrogen and oxygen atoms in total. The van der Waals surface area contributed by atoms with Gasteiger partial charge >= 0.3 is 7.60 Å². The Balaban J connectivity index is 1.94. The molecule has 0 aliphatic heterocycles. The number of rotatable bonds is 12. The molecule has 0 heterocycles. The van der Waals surface area contributed by atoms with Crippen molar-refractivity contribution in [2.45, 2.75) is 25.0 Å². The molecular formula is C26H31O3PS. The first kappa shape index (κ1) is 23.8. The molecule has 0 spiro atoms. The Morgan fingerprint density at radius 3 is 1.45 bits per heavy atom. The Hall–Kier alpha value is -1.84. The van der Waals surface area contributed by atoms with Crippen LogP contribution in [0.15, 0.2) is 91.0 Å². The molecular weight excluding hydrogens is 423 g/mol. The Morgan fingerprint density at radius 1 is 0.710 bits per heavy atom. The van der Waals surface area contributed by atoms with Gasteiger partial charge in [0.05, 0.1) is 24.1 Å². The van der Waals surface area contributed by atoms with Gasteiger partial charge in [-0.15, -0.1) is 11.8 Å². The molecule has 0 aromatic heterocycles. The average molecular weight is 455 g/mol. The minimum atomic E-state index is -3.03. The number of hydrogen-bond acceptors (Lipinski definition) is 4. The summed E-state index contributed by atoms with van der Waals surface area (Å²) < 4.78 is 23.5. The van der Waals surface area contributed by atoms with Crippen LogP contribution in [0.4, 0.5) is 0 Å². The van der Waals surface area contributed by atoms with E-state index in [1.54, 1.807) is 0 Å². The van der Waals surface area contributed by atoms with Gasteiger partial charge in [-0.3, -0.25) is 4.57 Å². The van der Waals surface area contributed by atoms with Crippen LogP contribution in [0.5, 0.6) is 0 Å². The predicted molar refractivity (Wildman–Crippen MR) is 132 cm³/mol. The van der Waals surface area contributed by atoms with E-state index in [-0.39, 0.29) is 4.75 Å². The molecule has 164 valence electrons. The lowest BCUT2D eigenvalue weighted by Gasteiger charge is -2.35. The second kappa shape index (κ2) is 11.7. The van der Waals surface area contributed by atoms with Crippen LogP contribution in [0.3, 0.4) is 0 Å². The lowest BCUT2D eigenvalue weighted by atomic mass is 9.84. The van der Waals surface area contributed by atoms with Gasteiger partial charge in [0.1, 0.15) is 0 Å². The topological polar surface area (TPSA) is 35.5 Å². The van der Waals surface area contributed by atoms with Crippen molar-refractivity contribution >= 4 is 19.4 Å². The third kappa shape index (κ3) is 5.90. The molecule has 0 aliphatic rings. The summed E-state index contributed by atoms with van der Waals surface area (Å²) in [6, 6.07) is 31.9. The second-order valence-electron chi connectivity index (χ2n) is 7.15. The van der Waals surface area contributed by atoms with Crippen LogP contribution in [0.1, 0.15) is 37.0 Å². The molecule has 0 radical (unpaired) electrons. The zero-order valence-electron chi connectivity index (χ0n) is 18.3. The maximum Gasteiger partial charge on any atom is 0.330 e. The fourth-order valence-corrected chi connectivity index (χ4v) is 7.19. The summed E-state index contributed by atoms with van der Waals surface area (Å²) in [6.07, 6.45) is 1.17. The summed E-state index contributed by atoms with van der Waals surface area (Å²) in [4.78, 5) is 0. The molecule has 0 bridgehead atoms. The van der Waals surface area contributed by atoms with Gasteiger partial charge in [0.15, 0.2) is 0 Å². The minimum absolute atomic E-state index is 0.356. The minimum Gasteiger partial charge on any atom is -0.309 e. The highest BCUT2D eigenvalue weighted by molar-refractivity contribution is 8.00. The molecule has 3 rings (SSSR count). The fraction of sp³-hybridized carbons (Fsp3) is 0.308. The lowest BCUT2D eigenvalue weighted by Crippen LogP contribution is -2.26. The van der Waals surface area contributed by atoms with E-state index < -0.39 is 7.60 Å². The third-order valence-electron chi connectivity index (χ3n) is 5.09. The van der Waals surface area contributed by atoms with Gasteiger partial charge in [-0.1, -0.05) is 91.0 Å². The highest BCUT2D eigenvalue weighted by Crippen LogP contribution is 2.51. The standard InChI is InChI=1S/C26H31O3PS/c1-3-28-30(27,29-4-2)21-14-22-31-26(23-15-8-5-9-16-23,24-17-10-6-11-18-24)25-19-12-7-13-20-25/h5-13,15-20H,3-4,14,21-22H2,1-2H3. The van der Waals surface area contributed by atoms with E-state index >= 15 is 0 Å². The van der Waals surface area contributed by atoms with E-state index in [0.717, 1.165) is 12.2 Å². The van der Waals surface area contributed by atoms with E-state index in [9.17, 15) is 4.57 Å². The highest BCUT2D eigenvalue weighted by atomic mass is 32.2. The fourth-order valence-electron chi connectivity index (χ4n) is 3.81. The average Bonchev–Trinajstić information content (AvgIpc) is 2.81. The molecule has 5 heteroatoms. The summed E-state index contributed by atoms with van der Waals surface area (Å²) >= 11 is 1.87. The maximum atomic E-state index is 12.9. The number of benzene rings is 3. The van der Waals surface area contributed by atoms with E-state index in [0.29, 0.717) is 19.4 Å². The van der Waals surface area contributed by atoms with Gasteiger partial charge in [0.25, 0.3) is 0 Å². The molecule has 0 saturated carbocycles. The molecule has 31 heavy (non-hydrogen) atoms. The summed E-state index contributed by atoms with van der Waals surface area (Å²) in [6.45, 7) is 4.50. The zero-order valence-corrected chi connectivity index (χ0v) is 20.0. The monoisotopic (exact) mass is 454 g/mol. The Morgan fingerprint density at radius 2 is 1.10 bits per heavy atom. The first-order valence-corrected chi connectivity index (χ1v) is 13.5. The second-order valence-corrected chi connectivity index (χ2v) is 10.6. The van der Waals surface area contributed by atoms with Gasteiger partial charge in [0, 0.05) is 0 Å². The van der Waals surface area contributed by atoms with E-state index in [1.807, 2.05) is 25.6 Å². The number of hydrogen-bond donors (Lipinski definition) is 0. The first-order valence-electron chi connectivity index (χ1n) is 10.8. The van der Waals surface area contributed by atoms with Crippen LogP contribution in [-0.4, -0.2) is 25.1 Å². The lowest BCUT2D eigenvalue weighted by molar-refractivity contribution is 0.220. The van der Waals surface area contributed by atoms with Crippen LogP contribution in [0.2, 0.25) is 0 Å². The zero-order chi connectivity index (χ0) is 22.0. The summed E-state index contributed by atoms with van der Waals surface area (Å²) in [5.74, 6) is 0.822. The van der Waals surface area contributed by atoms with Gasteiger partial charge in [0.2, 0.25) is 0 Å². The van der Waals surface area contributed by atoms with Crippen LogP contribution < -0.4 is 0 Å². The Kier molecular flexibility index (Phi) is 8.98. The molecule has 3 aromatic carbocycles. The van der Waals surface area contributed by atoms with Crippen LogP contribution in [-0.2, 0) is 18.4 Å². The van der Waals surface area contributed by atoms with Gasteiger partial charge < -0.3 is 9.05 Å². The number of thioether (sulfide) groups is 1. The van der Waals surface area contributed by atoms with E-state index in [2.05, 4.69) is 91.0 Å². The van der Waals surface area contributed by atoms with Crippen molar-refractivity contribution in [3.05, 3.63) is 108 Å². The first-order chi connectivity index (χ1) is 15.1. The molecule has 0 aliphatic carbocycles. The van der Waals surface area contributed by atoms with Crippen molar-refractivity contribution in [2.24, 2.45) is 0 Å². The van der Waals surface area contributed by atoms with Gasteiger partial charge in [-0.2, -0.15) is 0 Å².